The van der Waals surface area contributed by atoms with E-state index in [1.165, 1.54) is 31.3 Å². The first-order chi connectivity index (χ1) is 7.13. The Balaban J connectivity index is 2.45. The molecule has 0 aromatic rings. The van der Waals surface area contributed by atoms with E-state index in [1.54, 1.807) is 0 Å². The van der Waals surface area contributed by atoms with E-state index < -0.39 is 0 Å². The highest BCUT2D eigenvalue weighted by atomic mass is 16.5. The summed E-state index contributed by atoms with van der Waals surface area (Å²) in [5.41, 5.74) is 1.37. The lowest BCUT2D eigenvalue weighted by molar-refractivity contribution is -0.0813. The van der Waals surface area contributed by atoms with Gasteiger partial charge in [0.2, 0.25) is 0 Å². The monoisotopic (exact) mass is 211 g/mol. The maximum absolute atomic E-state index is 5.65. The standard InChI is InChI=1S/C13H25NO/c1-5-9-14-12(11(2)3)10-13(15-4)7-6-8-13/h12,14H,2,5-10H2,1,3-4H3. The molecule has 0 aromatic carbocycles. The molecule has 1 fully saturated rings. The molecule has 0 aromatic heterocycles. The fourth-order valence-electron chi connectivity index (χ4n) is 2.17. The number of nitrogens with one attached hydrogen (secondary N) is 1. The van der Waals surface area contributed by atoms with Crippen LogP contribution in [0.1, 0.15) is 46.0 Å². The highest BCUT2D eigenvalue weighted by Crippen LogP contribution is 2.39. The van der Waals surface area contributed by atoms with Crippen molar-refractivity contribution in [1.82, 2.24) is 5.32 Å². The Bertz CT molecular complexity index is 203. The van der Waals surface area contributed by atoms with Gasteiger partial charge in [-0.25, -0.2) is 0 Å². The third-order valence-corrected chi connectivity index (χ3v) is 3.51. The van der Waals surface area contributed by atoms with Crippen molar-refractivity contribution in [3.63, 3.8) is 0 Å². The van der Waals surface area contributed by atoms with Crippen LogP contribution in [0.2, 0.25) is 0 Å². The van der Waals surface area contributed by atoms with Crippen molar-refractivity contribution >= 4 is 0 Å². The highest BCUT2D eigenvalue weighted by molar-refractivity contribution is 5.06. The Morgan fingerprint density at radius 3 is 2.53 bits per heavy atom. The summed E-state index contributed by atoms with van der Waals surface area (Å²) < 4.78 is 5.65. The van der Waals surface area contributed by atoms with Crippen LogP contribution in [0.25, 0.3) is 0 Å². The van der Waals surface area contributed by atoms with Crippen LogP contribution in [-0.2, 0) is 4.74 Å². The molecule has 2 nitrogen and oxygen atoms in total. The third-order valence-electron chi connectivity index (χ3n) is 3.51. The number of hydrogen-bond donors (Lipinski definition) is 1. The summed E-state index contributed by atoms with van der Waals surface area (Å²) in [5, 5.41) is 3.55. The number of methoxy groups -OCH3 is 1. The van der Waals surface area contributed by atoms with Crippen LogP contribution in [0.15, 0.2) is 12.2 Å². The Hall–Kier alpha value is -0.340. The summed E-state index contributed by atoms with van der Waals surface area (Å²) in [6.45, 7) is 9.43. The molecule has 0 bridgehead atoms. The topological polar surface area (TPSA) is 21.3 Å². The predicted octanol–water partition coefficient (Wildman–Crippen LogP) is 2.89. The van der Waals surface area contributed by atoms with Gasteiger partial charge in [0.05, 0.1) is 5.60 Å². The van der Waals surface area contributed by atoms with Gasteiger partial charge in [0, 0.05) is 13.2 Å². The van der Waals surface area contributed by atoms with Crippen molar-refractivity contribution < 1.29 is 4.74 Å². The molecule has 0 heterocycles. The first kappa shape index (κ1) is 12.7. The van der Waals surface area contributed by atoms with Gasteiger partial charge >= 0.3 is 0 Å². The maximum Gasteiger partial charge on any atom is 0.0696 e. The van der Waals surface area contributed by atoms with E-state index in [4.69, 9.17) is 4.74 Å². The fraction of sp³-hybridized carbons (Fsp3) is 0.846. The van der Waals surface area contributed by atoms with Gasteiger partial charge in [-0.2, -0.15) is 0 Å². The molecule has 0 radical (unpaired) electrons. The number of rotatable bonds is 7. The SMILES string of the molecule is C=C(C)C(CC1(OC)CCC1)NCCC. The summed E-state index contributed by atoms with van der Waals surface area (Å²) in [5.74, 6) is 0. The quantitative estimate of drug-likeness (QED) is 0.654. The average molecular weight is 211 g/mol. The van der Waals surface area contributed by atoms with Gasteiger partial charge in [-0.15, -0.1) is 0 Å². The van der Waals surface area contributed by atoms with Crippen LogP contribution in [0.3, 0.4) is 0 Å². The second-order valence-corrected chi connectivity index (χ2v) is 4.80. The van der Waals surface area contributed by atoms with E-state index in [2.05, 4.69) is 25.7 Å². The molecule has 88 valence electrons. The Kier molecular flexibility index (Phi) is 4.81. The largest absolute Gasteiger partial charge is 0.378 e. The summed E-state index contributed by atoms with van der Waals surface area (Å²) in [7, 11) is 1.84. The molecule has 0 amide bonds. The minimum atomic E-state index is 0.143. The van der Waals surface area contributed by atoms with Crippen molar-refractivity contribution in [1.29, 1.82) is 0 Å². The van der Waals surface area contributed by atoms with E-state index in [0.29, 0.717) is 6.04 Å². The van der Waals surface area contributed by atoms with Crippen LogP contribution in [0, 0.1) is 0 Å². The van der Waals surface area contributed by atoms with Gasteiger partial charge in [0.1, 0.15) is 0 Å². The van der Waals surface area contributed by atoms with Crippen LogP contribution in [0.4, 0.5) is 0 Å². The molecule has 1 aliphatic carbocycles. The van der Waals surface area contributed by atoms with Crippen molar-refractivity contribution in [2.45, 2.75) is 57.6 Å². The van der Waals surface area contributed by atoms with Crippen LogP contribution in [0.5, 0.6) is 0 Å². The molecule has 2 heteroatoms. The molecule has 1 aliphatic rings. The van der Waals surface area contributed by atoms with E-state index in [0.717, 1.165) is 13.0 Å². The molecule has 15 heavy (non-hydrogen) atoms. The summed E-state index contributed by atoms with van der Waals surface area (Å²) >= 11 is 0. The van der Waals surface area contributed by atoms with E-state index >= 15 is 0 Å². The van der Waals surface area contributed by atoms with Gasteiger partial charge in [0.15, 0.2) is 0 Å². The zero-order valence-electron chi connectivity index (χ0n) is 10.4. The average Bonchev–Trinajstić information content (AvgIpc) is 2.15. The van der Waals surface area contributed by atoms with Crippen molar-refractivity contribution in [3.05, 3.63) is 12.2 Å². The summed E-state index contributed by atoms with van der Waals surface area (Å²) in [6, 6.07) is 0.421. The second kappa shape index (κ2) is 5.66. The molecule has 1 rings (SSSR count). The summed E-state index contributed by atoms with van der Waals surface area (Å²) in [4.78, 5) is 0. The lowest BCUT2D eigenvalue weighted by Crippen LogP contribution is -2.46. The maximum atomic E-state index is 5.65. The first-order valence-electron chi connectivity index (χ1n) is 6.07. The normalized spacial score (nSPS) is 20.7. The Morgan fingerprint density at radius 1 is 1.53 bits per heavy atom. The van der Waals surface area contributed by atoms with Gasteiger partial charge in [-0.3, -0.25) is 0 Å². The van der Waals surface area contributed by atoms with Gasteiger partial charge in [0.25, 0.3) is 0 Å². The highest BCUT2D eigenvalue weighted by Gasteiger charge is 2.38. The second-order valence-electron chi connectivity index (χ2n) is 4.80. The van der Waals surface area contributed by atoms with Gasteiger partial charge < -0.3 is 10.1 Å². The smallest absolute Gasteiger partial charge is 0.0696 e. The molecule has 0 aliphatic heterocycles. The van der Waals surface area contributed by atoms with Crippen molar-refractivity contribution in [2.24, 2.45) is 0 Å². The molecule has 1 unspecified atom stereocenters. The molecule has 0 spiro atoms. The van der Waals surface area contributed by atoms with Gasteiger partial charge in [-0.05, 0) is 45.6 Å². The first-order valence-corrected chi connectivity index (χ1v) is 6.07. The zero-order valence-corrected chi connectivity index (χ0v) is 10.4. The van der Waals surface area contributed by atoms with Crippen molar-refractivity contribution in [3.8, 4) is 0 Å². The lowest BCUT2D eigenvalue weighted by atomic mass is 9.75. The van der Waals surface area contributed by atoms with Gasteiger partial charge in [-0.1, -0.05) is 19.1 Å². The molecular weight excluding hydrogens is 186 g/mol. The molecule has 1 atom stereocenters. The number of ether oxygens (including phenoxy) is 1. The van der Waals surface area contributed by atoms with Crippen LogP contribution < -0.4 is 5.32 Å². The fourth-order valence-corrected chi connectivity index (χ4v) is 2.17. The third kappa shape index (κ3) is 3.32. The Morgan fingerprint density at radius 2 is 2.20 bits per heavy atom. The molecule has 1 saturated carbocycles. The minimum absolute atomic E-state index is 0.143. The lowest BCUT2D eigenvalue weighted by Gasteiger charge is -2.43. The van der Waals surface area contributed by atoms with E-state index in [9.17, 15) is 0 Å². The van der Waals surface area contributed by atoms with E-state index in [-0.39, 0.29) is 5.60 Å². The van der Waals surface area contributed by atoms with E-state index in [1.807, 2.05) is 7.11 Å². The minimum Gasteiger partial charge on any atom is -0.378 e. The zero-order chi connectivity index (χ0) is 11.3. The molecule has 0 saturated heterocycles. The summed E-state index contributed by atoms with van der Waals surface area (Å²) in [6.07, 6.45) is 5.98. The molecule has 1 N–H and O–H groups in total. The van der Waals surface area contributed by atoms with Crippen LogP contribution in [-0.4, -0.2) is 25.3 Å². The van der Waals surface area contributed by atoms with Crippen LogP contribution >= 0.6 is 0 Å². The number of hydrogen-bond acceptors (Lipinski definition) is 2. The Labute approximate surface area is 94.1 Å². The van der Waals surface area contributed by atoms with Crippen molar-refractivity contribution in [2.75, 3.05) is 13.7 Å². The predicted molar refractivity (Wildman–Crippen MR) is 65.1 cm³/mol. The molecular formula is C13H25NO.